The van der Waals surface area contributed by atoms with E-state index in [2.05, 4.69) is 0 Å². The lowest BCUT2D eigenvalue weighted by Crippen LogP contribution is -2.34. The molecule has 0 spiro atoms. The molecule has 0 bridgehead atoms. The number of nitrogens with zero attached hydrogens (tertiary/aromatic N) is 1. The maximum atomic E-state index is 13.2. The zero-order valence-electron chi connectivity index (χ0n) is 18.8. The minimum absolute atomic E-state index is 0.0630. The fourth-order valence-corrected chi connectivity index (χ4v) is 3.38. The molecule has 2 rings (SSSR count). The van der Waals surface area contributed by atoms with Gasteiger partial charge in [0.1, 0.15) is 6.10 Å². The van der Waals surface area contributed by atoms with Gasteiger partial charge in [0.05, 0.1) is 29.7 Å². The molecule has 0 amide bonds. The van der Waals surface area contributed by atoms with Crippen molar-refractivity contribution in [3.05, 3.63) is 57.9 Å². The van der Waals surface area contributed by atoms with Gasteiger partial charge in [-0.25, -0.2) is 9.59 Å². The molecule has 2 atom stereocenters. The second-order valence-electron chi connectivity index (χ2n) is 7.96. The molecule has 170 valence electrons. The number of rotatable bonds is 5. The predicted molar refractivity (Wildman–Crippen MR) is 110 cm³/mol. The number of alkyl halides is 3. The van der Waals surface area contributed by atoms with Gasteiger partial charge in [-0.2, -0.15) is 13.2 Å². The maximum Gasteiger partial charge on any atom is 0.416 e. The first-order valence-electron chi connectivity index (χ1n) is 9.92. The molecule has 2 unspecified atom stereocenters. The monoisotopic (exact) mass is 439 g/mol. The van der Waals surface area contributed by atoms with E-state index in [1.165, 1.54) is 19.2 Å². The summed E-state index contributed by atoms with van der Waals surface area (Å²) >= 11 is 0. The summed E-state index contributed by atoms with van der Waals surface area (Å²) in [6.45, 7) is 8.99. The fraction of sp³-hybridized carbons (Fsp3) is 0.478. The molecule has 0 radical (unpaired) electrons. The highest BCUT2D eigenvalue weighted by Crippen LogP contribution is 2.43. The topological polar surface area (TPSA) is 55.8 Å². The number of hydrogen-bond acceptors (Lipinski definition) is 5. The Hall–Kier alpha value is -2.77. The summed E-state index contributed by atoms with van der Waals surface area (Å²) in [5, 5.41) is 0. The van der Waals surface area contributed by atoms with Crippen molar-refractivity contribution in [2.45, 2.75) is 52.8 Å². The van der Waals surface area contributed by atoms with Crippen LogP contribution in [-0.4, -0.2) is 37.1 Å². The highest BCUT2D eigenvalue weighted by molar-refractivity contribution is 5.99. The first-order chi connectivity index (χ1) is 14.3. The lowest BCUT2D eigenvalue weighted by Gasteiger charge is -2.36. The van der Waals surface area contributed by atoms with Crippen LogP contribution in [0.25, 0.3) is 0 Å². The summed E-state index contributed by atoms with van der Waals surface area (Å²) in [5.41, 5.74) is 1.02. The van der Waals surface area contributed by atoms with Gasteiger partial charge in [0.2, 0.25) is 0 Å². The molecule has 31 heavy (non-hydrogen) atoms. The second-order valence-corrected chi connectivity index (χ2v) is 7.96. The zero-order valence-corrected chi connectivity index (χ0v) is 18.8. The molecule has 0 saturated heterocycles. The van der Waals surface area contributed by atoms with E-state index in [9.17, 15) is 22.8 Å². The van der Waals surface area contributed by atoms with E-state index in [1.807, 2.05) is 13.8 Å². The van der Waals surface area contributed by atoms with Crippen LogP contribution in [0.4, 0.5) is 13.2 Å². The number of halogens is 3. The van der Waals surface area contributed by atoms with Crippen LogP contribution < -0.4 is 0 Å². The molecule has 0 fully saturated rings. The van der Waals surface area contributed by atoms with Gasteiger partial charge in [-0.1, -0.05) is 26.0 Å². The molecule has 1 aromatic rings. The minimum atomic E-state index is -4.50. The number of methoxy groups -OCH3 is 1. The van der Waals surface area contributed by atoms with Crippen LogP contribution in [0.15, 0.2) is 46.8 Å². The van der Waals surface area contributed by atoms with Crippen LogP contribution in [0.5, 0.6) is 0 Å². The number of ether oxygens (including phenoxy) is 2. The second kappa shape index (κ2) is 9.16. The number of carbonyl (C=O) groups is 2. The molecule has 8 heteroatoms. The zero-order chi connectivity index (χ0) is 23.7. The van der Waals surface area contributed by atoms with E-state index in [0.29, 0.717) is 17.0 Å². The largest absolute Gasteiger partial charge is 0.466 e. The smallest absolute Gasteiger partial charge is 0.416 e. The van der Waals surface area contributed by atoms with Gasteiger partial charge in [-0.05, 0) is 44.4 Å². The lowest BCUT2D eigenvalue weighted by molar-refractivity contribution is -0.146. The Balaban J connectivity index is 2.67. The first-order valence-corrected chi connectivity index (χ1v) is 9.92. The Morgan fingerprint density at radius 2 is 1.45 bits per heavy atom. The molecule has 1 aliphatic rings. The highest BCUT2D eigenvalue weighted by Gasteiger charge is 2.40. The lowest BCUT2D eigenvalue weighted by atomic mass is 9.79. The number of allylic oxidation sites excluding steroid dienone is 2. The molecule has 0 aliphatic carbocycles. The van der Waals surface area contributed by atoms with Crippen LogP contribution in [-0.2, 0) is 25.2 Å². The van der Waals surface area contributed by atoms with Crippen LogP contribution in [0, 0.1) is 5.92 Å². The molecule has 0 N–H and O–H groups in total. The first kappa shape index (κ1) is 24.5. The highest BCUT2D eigenvalue weighted by atomic mass is 19.4. The van der Waals surface area contributed by atoms with Gasteiger partial charge in [0.25, 0.3) is 0 Å². The Labute approximate surface area is 180 Å². The van der Waals surface area contributed by atoms with Crippen molar-refractivity contribution >= 4 is 11.9 Å². The Morgan fingerprint density at radius 1 is 0.968 bits per heavy atom. The Bertz CT molecular complexity index is 914. The van der Waals surface area contributed by atoms with Crippen LogP contribution >= 0.6 is 0 Å². The third-order valence-corrected chi connectivity index (χ3v) is 5.79. The summed E-state index contributed by atoms with van der Waals surface area (Å²) in [4.78, 5) is 27.5. The molecular weight excluding hydrogens is 411 g/mol. The van der Waals surface area contributed by atoms with Gasteiger partial charge >= 0.3 is 18.1 Å². The minimum Gasteiger partial charge on any atom is -0.466 e. The third-order valence-electron chi connectivity index (χ3n) is 5.79. The number of benzene rings is 1. The molecule has 0 aromatic heterocycles. The molecule has 1 heterocycles. The predicted octanol–water partition coefficient (Wildman–Crippen LogP) is 5.04. The average Bonchev–Trinajstić information content (AvgIpc) is 2.70. The van der Waals surface area contributed by atoms with Gasteiger partial charge in [0, 0.05) is 18.4 Å². The Kier molecular flexibility index (Phi) is 7.24. The summed E-state index contributed by atoms with van der Waals surface area (Å²) in [5.74, 6) is -2.14. The standard InChI is InChI=1S/C23H28F3NO4/c1-12(2)15(5)31-22(29)19-14(4)27(6)13(3)18(21(28)30-7)20(19)16-8-10-17(11-9-16)23(24,25)26/h8-12,15,20H,1-7H3. The normalized spacial score (nSPS) is 18.4. The van der Waals surface area contributed by atoms with Crippen LogP contribution in [0.1, 0.15) is 51.7 Å². The SMILES string of the molecule is COC(=O)C1=C(C)N(C)C(C)=C(C(=O)OC(C)C(C)C)C1c1ccc(C(F)(F)F)cc1. The molecule has 0 saturated carbocycles. The van der Waals surface area contributed by atoms with Crippen molar-refractivity contribution in [3.8, 4) is 0 Å². The molecule has 5 nitrogen and oxygen atoms in total. The molecule has 1 aliphatic heterocycles. The maximum absolute atomic E-state index is 13.2. The number of esters is 2. The van der Waals surface area contributed by atoms with Crippen molar-refractivity contribution in [1.82, 2.24) is 4.90 Å². The van der Waals surface area contributed by atoms with Crippen molar-refractivity contribution < 1.29 is 32.2 Å². The van der Waals surface area contributed by atoms with E-state index < -0.39 is 29.6 Å². The van der Waals surface area contributed by atoms with Crippen molar-refractivity contribution in [2.24, 2.45) is 5.92 Å². The van der Waals surface area contributed by atoms with E-state index in [1.54, 1.807) is 32.7 Å². The van der Waals surface area contributed by atoms with E-state index in [4.69, 9.17) is 9.47 Å². The summed E-state index contributed by atoms with van der Waals surface area (Å²) < 4.78 is 49.7. The van der Waals surface area contributed by atoms with Crippen molar-refractivity contribution in [3.63, 3.8) is 0 Å². The number of carbonyl (C=O) groups excluding carboxylic acids is 2. The summed E-state index contributed by atoms with van der Waals surface area (Å²) in [6, 6.07) is 4.43. The van der Waals surface area contributed by atoms with Crippen LogP contribution in [0.2, 0.25) is 0 Å². The van der Waals surface area contributed by atoms with E-state index in [-0.39, 0.29) is 23.2 Å². The average molecular weight is 439 g/mol. The van der Waals surface area contributed by atoms with E-state index in [0.717, 1.165) is 12.1 Å². The van der Waals surface area contributed by atoms with Crippen LogP contribution in [0.3, 0.4) is 0 Å². The Morgan fingerprint density at radius 3 is 1.87 bits per heavy atom. The van der Waals surface area contributed by atoms with Crippen molar-refractivity contribution in [2.75, 3.05) is 14.2 Å². The van der Waals surface area contributed by atoms with Gasteiger partial charge < -0.3 is 14.4 Å². The molecule has 1 aromatic carbocycles. The van der Waals surface area contributed by atoms with Crippen molar-refractivity contribution in [1.29, 1.82) is 0 Å². The summed E-state index contributed by atoms with van der Waals surface area (Å²) in [6.07, 6.45) is -4.89. The third kappa shape index (κ3) is 4.94. The molecular formula is C23H28F3NO4. The van der Waals surface area contributed by atoms with Gasteiger partial charge in [-0.15, -0.1) is 0 Å². The van der Waals surface area contributed by atoms with E-state index >= 15 is 0 Å². The van der Waals surface area contributed by atoms with Gasteiger partial charge in [0.15, 0.2) is 0 Å². The quantitative estimate of drug-likeness (QED) is 0.602. The fourth-order valence-electron chi connectivity index (χ4n) is 3.38. The van der Waals surface area contributed by atoms with Gasteiger partial charge in [-0.3, -0.25) is 0 Å². The summed E-state index contributed by atoms with van der Waals surface area (Å²) in [7, 11) is 2.92. The number of hydrogen-bond donors (Lipinski definition) is 0.